The molecule has 3 aliphatic heterocycles. The number of benzene rings is 3. The quantitative estimate of drug-likeness (QED) is 0.168. The zero-order valence-corrected chi connectivity index (χ0v) is 33.0. The number of aromatic nitrogens is 5. The summed E-state index contributed by atoms with van der Waals surface area (Å²) in [5.74, 6) is 0.286. The van der Waals surface area contributed by atoms with Gasteiger partial charge in [-0.3, -0.25) is 9.69 Å². The summed E-state index contributed by atoms with van der Waals surface area (Å²) in [4.78, 5) is 50.9. The van der Waals surface area contributed by atoms with E-state index in [1.54, 1.807) is 23.3 Å². The maximum Gasteiger partial charge on any atom is 0.415 e. The molecule has 304 valence electrons. The molecule has 2 fully saturated rings. The van der Waals surface area contributed by atoms with Gasteiger partial charge in [0.15, 0.2) is 5.82 Å². The van der Waals surface area contributed by atoms with Crippen LogP contribution in [0.1, 0.15) is 49.3 Å². The highest BCUT2D eigenvalue weighted by molar-refractivity contribution is 6.01. The molecule has 7 aromatic rings. The minimum atomic E-state index is -0.600. The van der Waals surface area contributed by atoms with Crippen LogP contribution in [0.4, 0.5) is 10.5 Å². The number of amides is 2. The molecule has 2 amide bonds. The SMILES string of the molecule is CC(C)c1cc(-c2n[nH]c(=O)n2-c2ccc(N3CCN(C(=O)C4CCCN4C(=O)Oc4ccc5nc6c(cc5c4)cn4cc5c(cc64)C=COC5)CC3)cc2)c(O)cc1O. The lowest BCUT2D eigenvalue weighted by Crippen LogP contribution is -2.54. The molecule has 1 unspecified atom stereocenters. The summed E-state index contributed by atoms with van der Waals surface area (Å²) in [6.07, 6.45) is 8.51. The highest BCUT2D eigenvalue weighted by Crippen LogP contribution is 2.38. The Hall–Kier alpha value is -7.29. The molecule has 0 bridgehead atoms. The lowest BCUT2D eigenvalue weighted by atomic mass is 9.98. The van der Waals surface area contributed by atoms with Crippen LogP contribution >= 0.6 is 0 Å². The molecule has 3 aliphatic rings. The first kappa shape index (κ1) is 37.0. The fourth-order valence-corrected chi connectivity index (χ4v) is 8.71. The molecule has 2 saturated heterocycles. The first-order valence-electron chi connectivity index (χ1n) is 20.1. The van der Waals surface area contributed by atoms with Gasteiger partial charge >= 0.3 is 11.8 Å². The molecule has 4 aromatic heterocycles. The Labute approximate surface area is 343 Å². The average Bonchev–Trinajstić information content (AvgIpc) is 3.99. The van der Waals surface area contributed by atoms with E-state index in [0.29, 0.717) is 74.7 Å². The van der Waals surface area contributed by atoms with Crippen molar-refractivity contribution in [3.63, 3.8) is 0 Å². The number of hydrogen-bond donors (Lipinski definition) is 3. The number of nitrogens with one attached hydrogen (secondary N) is 1. The number of anilines is 1. The normalized spacial score (nSPS) is 16.6. The largest absolute Gasteiger partial charge is 0.508 e. The van der Waals surface area contributed by atoms with Gasteiger partial charge in [-0.05, 0) is 96.6 Å². The number of carbonyl (C=O) groups excluding carboxylic acids is 2. The number of piperazine rings is 1. The molecule has 0 aliphatic carbocycles. The molecule has 60 heavy (non-hydrogen) atoms. The monoisotopic (exact) mass is 806 g/mol. The minimum Gasteiger partial charge on any atom is -0.508 e. The summed E-state index contributed by atoms with van der Waals surface area (Å²) in [5.41, 5.74) is 6.83. The third-order valence-corrected chi connectivity index (χ3v) is 11.9. The Balaban J connectivity index is 0.792. The number of nitrogens with zero attached hydrogens (tertiary/aromatic N) is 7. The fourth-order valence-electron chi connectivity index (χ4n) is 8.71. The van der Waals surface area contributed by atoms with Crippen molar-refractivity contribution in [2.24, 2.45) is 0 Å². The predicted molar refractivity (Wildman–Crippen MR) is 226 cm³/mol. The molecular weight excluding hydrogens is 765 g/mol. The van der Waals surface area contributed by atoms with Gasteiger partial charge in [-0.1, -0.05) is 13.8 Å². The van der Waals surface area contributed by atoms with Crippen molar-refractivity contribution in [2.45, 2.75) is 45.3 Å². The number of fused-ring (bicyclic) bond motifs is 5. The average molecular weight is 807 g/mol. The molecule has 0 radical (unpaired) electrons. The number of carbonyl (C=O) groups is 2. The van der Waals surface area contributed by atoms with Gasteiger partial charge in [-0.25, -0.2) is 24.2 Å². The van der Waals surface area contributed by atoms with Gasteiger partial charge in [0, 0.05) is 73.2 Å². The van der Waals surface area contributed by atoms with Crippen molar-refractivity contribution in [3.8, 4) is 34.3 Å². The highest BCUT2D eigenvalue weighted by Gasteiger charge is 2.38. The van der Waals surface area contributed by atoms with Gasteiger partial charge in [0.25, 0.3) is 0 Å². The Morgan fingerprint density at radius 1 is 0.900 bits per heavy atom. The van der Waals surface area contributed by atoms with Crippen LogP contribution in [-0.4, -0.2) is 94.9 Å². The van der Waals surface area contributed by atoms with Crippen molar-refractivity contribution in [1.82, 2.24) is 33.9 Å². The summed E-state index contributed by atoms with van der Waals surface area (Å²) in [6.45, 7) is 6.95. The number of aromatic amines is 1. The van der Waals surface area contributed by atoms with E-state index in [1.165, 1.54) is 10.6 Å². The maximum atomic E-state index is 13.9. The Bertz CT molecular complexity index is 2940. The second-order valence-electron chi connectivity index (χ2n) is 15.9. The first-order valence-corrected chi connectivity index (χ1v) is 20.1. The van der Waals surface area contributed by atoms with Crippen molar-refractivity contribution in [3.05, 3.63) is 113 Å². The highest BCUT2D eigenvalue weighted by atomic mass is 16.6. The van der Waals surface area contributed by atoms with Crippen molar-refractivity contribution in [1.29, 1.82) is 0 Å². The zero-order chi connectivity index (χ0) is 41.2. The Morgan fingerprint density at radius 2 is 1.70 bits per heavy atom. The van der Waals surface area contributed by atoms with Gasteiger partial charge < -0.3 is 33.9 Å². The molecule has 0 saturated carbocycles. The number of pyridine rings is 2. The van der Waals surface area contributed by atoms with E-state index in [1.807, 2.05) is 73.5 Å². The third kappa shape index (κ3) is 6.42. The van der Waals surface area contributed by atoms with Gasteiger partial charge in [0.1, 0.15) is 29.9 Å². The standard InChI is InChI=1S/C45H42N8O7/c1-26(2)34-21-35(40(55)22-39(34)54)42-47-48-44(57)53(42)32-7-5-31(6-8-32)49-13-15-50(16-14-49)43(56)37-4-3-12-52(37)45(58)60-33-9-10-36-28(19-33)18-29-23-51-24-30-25-59-17-11-27(30)20-38(51)41(29)46-36/h5-11,17-24,26,37,54-55H,3-4,12-16,25H2,1-2H3,(H,48,57). The number of phenols is 2. The van der Waals surface area contributed by atoms with Crippen molar-refractivity contribution < 1.29 is 29.3 Å². The minimum absolute atomic E-state index is 0.0209. The number of hydrogen-bond acceptors (Lipinski definition) is 10. The molecule has 3 aromatic carbocycles. The fraction of sp³-hybridized carbons (Fsp3) is 0.267. The smallest absolute Gasteiger partial charge is 0.415 e. The number of H-pyrrole nitrogens is 1. The second-order valence-corrected chi connectivity index (χ2v) is 15.9. The van der Waals surface area contributed by atoms with E-state index < -0.39 is 17.8 Å². The van der Waals surface area contributed by atoms with Crippen LogP contribution in [-0.2, 0) is 16.1 Å². The summed E-state index contributed by atoms with van der Waals surface area (Å²) in [5, 5.41) is 29.5. The number of ether oxygens (including phenoxy) is 2. The molecule has 15 heteroatoms. The van der Waals surface area contributed by atoms with E-state index in [4.69, 9.17) is 14.5 Å². The molecule has 7 heterocycles. The topological polar surface area (TPSA) is 171 Å². The van der Waals surface area contributed by atoms with Crippen LogP contribution in [0.15, 0.2) is 90.2 Å². The Kier molecular flexibility index (Phi) is 8.95. The van der Waals surface area contributed by atoms with Gasteiger partial charge in [-0.2, -0.15) is 5.10 Å². The summed E-state index contributed by atoms with van der Waals surface area (Å²) < 4.78 is 14.8. The molecule has 15 nitrogen and oxygen atoms in total. The van der Waals surface area contributed by atoms with Gasteiger partial charge in [0.2, 0.25) is 5.91 Å². The van der Waals surface area contributed by atoms with E-state index in [2.05, 4.69) is 31.8 Å². The zero-order valence-electron chi connectivity index (χ0n) is 33.0. The van der Waals surface area contributed by atoms with Gasteiger partial charge in [0.05, 0.1) is 34.1 Å². The lowest BCUT2D eigenvalue weighted by molar-refractivity contribution is -0.135. The van der Waals surface area contributed by atoms with E-state index >= 15 is 0 Å². The summed E-state index contributed by atoms with van der Waals surface area (Å²) in [7, 11) is 0. The number of rotatable bonds is 6. The first-order chi connectivity index (χ1) is 29.1. The summed E-state index contributed by atoms with van der Waals surface area (Å²) >= 11 is 0. The van der Waals surface area contributed by atoms with Crippen LogP contribution in [0.3, 0.4) is 0 Å². The van der Waals surface area contributed by atoms with Crippen LogP contribution in [0.5, 0.6) is 17.2 Å². The number of phenolic OH excluding ortho intramolecular Hbond substituents is 2. The number of aromatic hydroxyl groups is 2. The van der Waals surface area contributed by atoms with Crippen LogP contribution in [0.25, 0.3) is 50.5 Å². The van der Waals surface area contributed by atoms with Crippen molar-refractivity contribution in [2.75, 3.05) is 37.6 Å². The van der Waals surface area contributed by atoms with Crippen LogP contribution in [0, 0.1) is 0 Å². The molecule has 3 N–H and O–H groups in total. The molecule has 0 spiro atoms. The predicted octanol–water partition coefficient (Wildman–Crippen LogP) is 6.53. The van der Waals surface area contributed by atoms with E-state index in [-0.39, 0.29) is 29.1 Å². The van der Waals surface area contributed by atoms with Gasteiger partial charge in [-0.15, -0.1) is 0 Å². The summed E-state index contributed by atoms with van der Waals surface area (Å²) in [6, 6.07) is 19.3. The van der Waals surface area contributed by atoms with Crippen LogP contribution < -0.4 is 15.3 Å². The third-order valence-electron chi connectivity index (χ3n) is 11.9. The van der Waals surface area contributed by atoms with E-state index in [9.17, 15) is 24.6 Å². The molecule has 1 atom stereocenters. The Morgan fingerprint density at radius 3 is 2.50 bits per heavy atom. The van der Waals surface area contributed by atoms with Crippen molar-refractivity contribution >= 4 is 51.1 Å². The maximum absolute atomic E-state index is 13.9. The lowest BCUT2D eigenvalue weighted by Gasteiger charge is -2.38. The molecular formula is C45H42N8O7. The van der Waals surface area contributed by atoms with Crippen LogP contribution in [0.2, 0.25) is 0 Å². The molecule has 10 rings (SSSR count). The second kappa shape index (κ2) is 14.5. The number of likely N-dealkylation sites (tertiary alicyclic amines) is 1. The van der Waals surface area contributed by atoms with E-state index in [0.717, 1.165) is 44.1 Å².